The fraction of sp³-hybridized carbons (Fsp3) is 0.385. The maximum Gasteiger partial charge on any atom is 0.0944 e. The van der Waals surface area contributed by atoms with Crippen molar-refractivity contribution in [3.8, 4) is 0 Å². The van der Waals surface area contributed by atoms with Gasteiger partial charge in [-0.3, -0.25) is 0 Å². The van der Waals surface area contributed by atoms with E-state index in [9.17, 15) is 0 Å². The van der Waals surface area contributed by atoms with E-state index >= 15 is 0 Å². The van der Waals surface area contributed by atoms with Crippen molar-refractivity contribution in [2.24, 2.45) is 10.9 Å². The minimum Gasteiger partial charge on any atom is -0.204 e. The van der Waals surface area contributed by atoms with E-state index < -0.39 is 0 Å². The number of para-hydroxylation sites is 1. The molecule has 0 radical (unpaired) electrons. The summed E-state index contributed by atoms with van der Waals surface area (Å²) in [5.41, 5.74) is 3.03. The molecule has 0 fully saturated rings. The van der Waals surface area contributed by atoms with E-state index in [-0.39, 0.29) is 0 Å². The van der Waals surface area contributed by atoms with Crippen molar-refractivity contribution < 1.29 is 0 Å². The Kier molecular flexibility index (Phi) is 4.14. The third kappa shape index (κ3) is 3.23. The third-order valence-electron chi connectivity index (χ3n) is 2.40. The molecule has 0 aliphatic carbocycles. The molecule has 0 N–H and O–H groups in total. The summed E-state index contributed by atoms with van der Waals surface area (Å²) in [5, 5.41) is 0.680. The zero-order valence-corrected chi connectivity index (χ0v) is 10.4. The van der Waals surface area contributed by atoms with Gasteiger partial charge in [0.2, 0.25) is 0 Å². The molecule has 1 aromatic rings. The van der Waals surface area contributed by atoms with Gasteiger partial charge in [-0.25, -0.2) is 4.99 Å². The molecule has 0 bridgehead atoms. The second-order valence-corrected chi connectivity index (χ2v) is 4.37. The molecule has 0 heterocycles. The zero-order valence-electron chi connectivity index (χ0n) is 9.63. The molecule has 2 heteroatoms. The van der Waals surface area contributed by atoms with Crippen LogP contribution < -0.4 is 0 Å². The molecule has 1 nitrogen and oxygen atoms in total. The summed E-state index contributed by atoms with van der Waals surface area (Å²) in [6, 6.07) is 5.77. The first-order valence-corrected chi connectivity index (χ1v) is 5.45. The van der Waals surface area contributed by atoms with Crippen LogP contribution in [0.5, 0.6) is 0 Å². The molecule has 0 aromatic heterocycles. The van der Waals surface area contributed by atoms with Crippen molar-refractivity contribution in [2.75, 3.05) is 0 Å². The molecule has 15 heavy (non-hydrogen) atoms. The van der Waals surface area contributed by atoms with Crippen LogP contribution in [0.25, 0.3) is 0 Å². The van der Waals surface area contributed by atoms with E-state index in [4.69, 9.17) is 11.6 Å². The Hall–Kier alpha value is -1.04. The number of rotatable bonds is 2. The van der Waals surface area contributed by atoms with Gasteiger partial charge < -0.3 is 0 Å². The summed E-state index contributed by atoms with van der Waals surface area (Å²) in [6.07, 6.45) is 0. The topological polar surface area (TPSA) is 12.4 Å². The van der Waals surface area contributed by atoms with Crippen LogP contribution in [0.15, 0.2) is 28.8 Å². The Bertz CT molecular complexity index is 392. The predicted molar refractivity (Wildman–Crippen MR) is 67.3 cm³/mol. The molecule has 1 aromatic carbocycles. The van der Waals surface area contributed by atoms with Crippen LogP contribution in [-0.2, 0) is 0 Å². The van der Waals surface area contributed by atoms with E-state index in [1.165, 1.54) is 0 Å². The molecular weight excluding hydrogens is 206 g/mol. The number of aryl methyl sites for hydroxylation is 1. The van der Waals surface area contributed by atoms with Gasteiger partial charge in [0, 0.05) is 0 Å². The SMILES string of the molecule is CC(=C=Nc1c(C)cccc1Cl)C(C)C. The van der Waals surface area contributed by atoms with Gasteiger partial charge in [-0.2, -0.15) is 0 Å². The summed E-state index contributed by atoms with van der Waals surface area (Å²) in [4.78, 5) is 4.31. The Morgan fingerprint density at radius 1 is 1.40 bits per heavy atom. The van der Waals surface area contributed by atoms with Gasteiger partial charge in [0.1, 0.15) is 0 Å². The molecule has 1 rings (SSSR count). The lowest BCUT2D eigenvalue weighted by atomic mass is 10.1. The van der Waals surface area contributed by atoms with Crippen LogP contribution in [0.2, 0.25) is 5.02 Å². The van der Waals surface area contributed by atoms with Crippen molar-refractivity contribution >= 4 is 23.2 Å². The molecule has 0 spiro atoms. The van der Waals surface area contributed by atoms with Crippen molar-refractivity contribution in [1.29, 1.82) is 0 Å². The van der Waals surface area contributed by atoms with Gasteiger partial charge in [0.25, 0.3) is 0 Å². The first kappa shape index (κ1) is 12.0. The van der Waals surface area contributed by atoms with Gasteiger partial charge >= 0.3 is 0 Å². The van der Waals surface area contributed by atoms with Crippen LogP contribution in [0.3, 0.4) is 0 Å². The highest BCUT2D eigenvalue weighted by atomic mass is 35.5. The smallest absolute Gasteiger partial charge is 0.0944 e. The lowest BCUT2D eigenvalue weighted by Crippen LogP contribution is -1.88. The monoisotopic (exact) mass is 221 g/mol. The van der Waals surface area contributed by atoms with Crippen molar-refractivity contribution in [1.82, 2.24) is 0 Å². The average Bonchev–Trinajstić information content (AvgIpc) is 2.16. The maximum absolute atomic E-state index is 6.05. The molecule has 0 atom stereocenters. The number of aliphatic imine (C=N–C) groups is 1. The van der Waals surface area contributed by atoms with E-state index in [1.54, 1.807) is 0 Å². The summed E-state index contributed by atoms with van der Waals surface area (Å²) in [7, 11) is 0. The first-order chi connectivity index (χ1) is 7.02. The predicted octanol–water partition coefficient (Wildman–Crippen LogP) is 4.55. The molecule has 0 amide bonds. The van der Waals surface area contributed by atoms with Crippen LogP contribution in [0, 0.1) is 12.8 Å². The summed E-state index contributed by atoms with van der Waals surface area (Å²) in [5.74, 6) is 3.51. The van der Waals surface area contributed by atoms with Crippen molar-refractivity contribution in [2.45, 2.75) is 27.7 Å². The Morgan fingerprint density at radius 2 is 2.07 bits per heavy atom. The van der Waals surface area contributed by atoms with E-state index in [2.05, 4.69) is 24.7 Å². The van der Waals surface area contributed by atoms with Gasteiger partial charge in [0.15, 0.2) is 0 Å². The van der Waals surface area contributed by atoms with Gasteiger partial charge in [-0.05, 0) is 42.8 Å². The van der Waals surface area contributed by atoms with Crippen LogP contribution in [0.4, 0.5) is 5.69 Å². The Labute approximate surface area is 96.5 Å². The number of hydrogen-bond acceptors (Lipinski definition) is 1. The number of halogens is 1. The van der Waals surface area contributed by atoms with Crippen molar-refractivity contribution in [3.63, 3.8) is 0 Å². The van der Waals surface area contributed by atoms with Gasteiger partial charge in [0.05, 0.1) is 10.7 Å². The highest BCUT2D eigenvalue weighted by Crippen LogP contribution is 2.27. The highest BCUT2D eigenvalue weighted by molar-refractivity contribution is 6.33. The quantitative estimate of drug-likeness (QED) is 0.650. The number of nitrogens with zero attached hydrogens (tertiary/aromatic N) is 1. The molecule has 0 aliphatic heterocycles. The molecule has 80 valence electrons. The second-order valence-electron chi connectivity index (χ2n) is 3.97. The van der Waals surface area contributed by atoms with Crippen LogP contribution in [0.1, 0.15) is 26.3 Å². The number of hydrogen-bond donors (Lipinski definition) is 0. The Balaban J connectivity index is 3.15. The first-order valence-electron chi connectivity index (χ1n) is 5.07. The van der Waals surface area contributed by atoms with Crippen LogP contribution in [-0.4, -0.2) is 5.87 Å². The largest absolute Gasteiger partial charge is 0.204 e. The lowest BCUT2D eigenvalue weighted by molar-refractivity contribution is 0.780. The van der Waals surface area contributed by atoms with Gasteiger partial charge in [-0.1, -0.05) is 37.6 Å². The minimum absolute atomic E-state index is 0.469. The van der Waals surface area contributed by atoms with E-state index in [1.807, 2.05) is 32.0 Å². The van der Waals surface area contributed by atoms with E-state index in [0.29, 0.717) is 10.9 Å². The molecule has 0 unspecified atom stereocenters. The third-order valence-corrected chi connectivity index (χ3v) is 2.70. The number of allylic oxidation sites excluding steroid dienone is 1. The zero-order chi connectivity index (χ0) is 11.4. The molecule has 0 aliphatic rings. The summed E-state index contributed by atoms with van der Waals surface area (Å²) >= 11 is 6.05. The molecule has 0 saturated carbocycles. The summed E-state index contributed by atoms with van der Waals surface area (Å²) in [6.45, 7) is 8.27. The number of benzene rings is 1. The summed E-state index contributed by atoms with van der Waals surface area (Å²) < 4.78 is 0. The van der Waals surface area contributed by atoms with Crippen molar-refractivity contribution in [3.05, 3.63) is 34.4 Å². The van der Waals surface area contributed by atoms with E-state index in [0.717, 1.165) is 16.8 Å². The highest BCUT2D eigenvalue weighted by Gasteiger charge is 2.00. The van der Waals surface area contributed by atoms with Gasteiger partial charge in [-0.15, -0.1) is 0 Å². The molecule has 0 saturated heterocycles. The minimum atomic E-state index is 0.469. The maximum atomic E-state index is 6.05. The fourth-order valence-electron chi connectivity index (χ4n) is 1.04. The Morgan fingerprint density at radius 3 is 2.60 bits per heavy atom. The second kappa shape index (κ2) is 5.16. The van der Waals surface area contributed by atoms with Crippen LogP contribution >= 0.6 is 11.6 Å². The molecular formula is C13H16ClN. The lowest BCUT2D eigenvalue weighted by Gasteiger charge is -2.01. The fourth-order valence-corrected chi connectivity index (χ4v) is 1.30. The normalized spacial score (nSPS) is 10.0. The average molecular weight is 222 g/mol. The standard InChI is InChI=1S/C13H16ClN/c1-9(2)11(4)8-15-13-10(3)6-5-7-12(13)14/h5-7,9H,1-4H3.